The summed E-state index contributed by atoms with van der Waals surface area (Å²) in [6, 6.07) is 3.01. The quantitative estimate of drug-likeness (QED) is 0.870. The molecule has 0 aromatic heterocycles. The summed E-state index contributed by atoms with van der Waals surface area (Å²) in [5.74, 6) is -2.37. The Bertz CT molecular complexity index is 595. The average Bonchev–Trinajstić information content (AvgIpc) is 2.65. The summed E-state index contributed by atoms with van der Waals surface area (Å²) < 4.78 is 26.1. The van der Waals surface area contributed by atoms with Gasteiger partial charge in [0.05, 0.1) is 18.6 Å². The first-order valence-corrected chi connectivity index (χ1v) is 7.53. The van der Waals surface area contributed by atoms with E-state index in [9.17, 15) is 23.5 Å². The number of halogens is 2. The van der Waals surface area contributed by atoms with Gasteiger partial charge in [0.1, 0.15) is 0 Å². The van der Waals surface area contributed by atoms with Crippen LogP contribution in [0.2, 0.25) is 0 Å². The van der Waals surface area contributed by atoms with Gasteiger partial charge in [0.25, 0.3) is 0 Å². The number of rotatable bonds is 3. The SMILES string of the molecule is CC(=O)N[C@H]1CCN(C(=O)Cc2ccc(F)c(F)c2)CC[C@@H]1O. The minimum absolute atomic E-state index is 0.0297. The van der Waals surface area contributed by atoms with Gasteiger partial charge in [-0.15, -0.1) is 0 Å². The normalized spacial score (nSPS) is 21.7. The van der Waals surface area contributed by atoms with Crippen LogP contribution in [0, 0.1) is 11.6 Å². The molecule has 2 N–H and O–H groups in total. The van der Waals surface area contributed by atoms with Crippen molar-refractivity contribution in [1.82, 2.24) is 10.2 Å². The van der Waals surface area contributed by atoms with E-state index in [1.807, 2.05) is 0 Å². The highest BCUT2D eigenvalue weighted by molar-refractivity contribution is 5.79. The third-order valence-corrected chi connectivity index (χ3v) is 3.95. The van der Waals surface area contributed by atoms with E-state index in [0.717, 1.165) is 12.1 Å². The fourth-order valence-electron chi connectivity index (χ4n) is 2.70. The minimum atomic E-state index is -0.979. The van der Waals surface area contributed by atoms with Crippen LogP contribution < -0.4 is 5.32 Å². The first kappa shape index (κ1) is 17.3. The van der Waals surface area contributed by atoms with E-state index in [4.69, 9.17) is 0 Å². The zero-order valence-electron chi connectivity index (χ0n) is 12.9. The van der Waals surface area contributed by atoms with Gasteiger partial charge in [-0.1, -0.05) is 6.07 Å². The summed E-state index contributed by atoms with van der Waals surface area (Å²) in [5.41, 5.74) is 0.400. The molecule has 0 radical (unpaired) electrons. The van der Waals surface area contributed by atoms with Gasteiger partial charge in [-0.05, 0) is 30.5 Å². The number of nitrogens with zero attached hydrogens (tertiary/aromatic N) is 1. The smallest absolute Gasteiger partial charge is 0.226 e. The molecule has 0 aliphatic carbocycles. The van der Waals surface area contributed by atoms with Crippen molar-refractivity contribution in [1.29, 1.82) is 0 Å². The third kappa shape index (κ3) is 4.72. The summed E-state index contributed by atoms with van der Waals surface area (Å²) in [6.45, 7) is 2.13. The Morgan fingerprint density at radius 2 is 1.96 bits per heavy atom. The minimum Gasteiger partial charge on any atom is -0.391 e. The first-order chi connectivity index (χ1) is 10.9. The van der Waals surface area contributed by atoms with Crippen LogP contribution in [0.4, 0.5) is 8.78 Å². The number of aliphatic hydroxyl groups excluding tert-OH is 1. The Hall–Kier alpha value is -2.02. The van der Waals surface area contributed by atoms with Gasteiger partial charge in [0.15, 0.2) is 11.6 Å². The van der Waals surface area contributed by atoms with Crippen LogP contribution in [0.15, 0.2) is 18.2 Å². The maximum Gasteiger partial charge on any atom is 0.226 e. The van der Waals surface area contributed by atoms with Gasteiger partial charge in [0, 0.05) is 20.0 Å². The third-order valence-electron chi connectivity index (χ3n) is 3.95. The topological polar surface area (TPSA) is 69.6 Å². The lowest BCUT2D eigenvalue weighted by molar-refractivity contribution is -0.130. The number of hydrogen-bond acceptors (Lipinski definition) is 3. The number of hydrogen-bond donors (Lipinski definition) is 2. The number of carbonyl (C=O) groups excluding carboxylic acids is 2. The number of aliphatic hydroxyl groups is 1. The Kier molecular flexibility index (Phi) is 5.65. The maximum absolute atomic E-state index is 13.2. The van der Waals surface area contributed by atoms with E-state index in [1.165, 1.54) is 13.0 Å². The second-order valence-electron chi connectivity index (χ2n) is 5.76. The van der Waals surface area contributed by atoms with Crippen LogP contribution in [-0.4, -0.2) is 47.1 Å². The monoisotopic (exact) mass is 326 g/mol. The van der Waals surface area contributed by atoms with Crippen LogP contribution in [0.1, 0.15) is 25.3 Å². The molecule has 0 saturated carbocycles. The predicted molar refractivity (Wildman–Crippen MR) is 79.5 cm³/mol. The van der Waals surface area contributed by atoms with Gasteiger partial charge in [-0.25, -0.2) is 8.78 Å². The standard InChI is InChI=1S/C16H20F2N2O3/c1-10(21)19-14-4-6-20(7-5-15(14)22)16(23)9-11-2-3-12(17)13(18)8-11/h2-3,8,14-15,22H,4-7,9H2,1H3,(H,19,21)/t14-,15-/m0/s1. The van der Waals surface area contributed by atoms with Crippen molar-refractivity contribution in [3.05, 3.63) is 35.4 Å². The van der Waals surface area contributed by atoms with Crippen molar-refractivity contribution in [2.24, 2.45) is 0 Å². The second kappa shape index (κ2) is 7.50. The Labute approximate surface area is 133 Å². The zero-order chi connectivity index (χ0) is 17.0. The van der Waals surface area contributed by atoms with E-state index >= 15 is 0 Å². The van der Waals surface area contributed by atoms with Crippen molar-refractivity contribution in [3.63, 3.8) is 0 Å². The molecule has 1 saturated heterocycles. The molecular weight excluding hydrogens is 306 g/mol. The lowest BCUT2D eigenvalue weighted by atomic mass is 10.1. The molecule has 1 aliphatic heterocycles. The van der Waals surface area contributed by atoms with Gasteiger partial charge in [-0.3, -0.25) is 9.59 Å². The van der Waals surface area contributed by atoms with Crippen molar-refractivity contribution in [3.8, 4) is 0 Å². The van der Waals surface area contributed by atoms with Crippen LogP contribution in [0.25, 0.3) is 0 Å². The van der Waals surface area contributed by atoms with Gasteiger partial charge >= 0.3 is 0 Å². The number of benzene rings is 1. The fraction of sp³-hybridized carbons (Fsp3) is 0.500. The van der Waals surface area contributed by atoms with E-state index < -0.39 is 17.7 Å². The van der Waals surface area contributed by atoms with Gasteiger partial charge in [-0.2, -0.15) is 0 Å². The summed E-state index contributed by atoms with van der Waals surface area (Å²) in [4.78, 5) is 25.0. The van der Waals surface area contributed by atoms with E-state index in [-0.39, 0.29) is 24.3 Å². The Morgan fingerprint density at radius 3 is 2.61 bits per heavy atom. The Balaban J connectivity index is 1.97. The first-order valence-electron chi connectivity index (χ1n) is 7.53. The molecule has 2 amide bonds. The highest BCUT2D eigenvalue weighted by atomic mass is 19.2. The molecular formula is C16H20F2N2O3. The van der Waals surface area contributed by atoms with Crippen molar-refractivity contribution in [2.45, 2.75) is 38.3 Å². The second-order valence-corrected chi connectivity index (χ2v) is 5.76. The van der Waals surface area contributed by atoms with E-state index in [2.05, 4.69) is 5.32 Å². The van der Waals surface area contributed by atoms with Crippen LogP contribution in [0.5, 0.6) is 0 Å². The largest absolute Gasteiger partial charge is 0.391 e. The highest BCUT2D eigenvalue weighted by Crippen LogP contribution is 2.15. The van der Waals surface area contributed by atoms with E-state index in [0.29, 0.717) is 31.5 Å². The maximum atomic E-state index is 13.2. The van der Waals surface area contributed by atoms with Crippen molar-refractivity contribution >= 4 is 11.8 Å². The number of likely N-dealkylation sites (tertiary alicyclic amines) is 1. The summed E-state index contributed by atoms with van der Waals surface area (Å²) in [7, 11) is 0. The van der Waals surface area contributed by atoms with Gasteiger partial charge in [0.2, 0.25) is 11.8 Å². The van der Waals surface area contributed by atoms with E-state index in [1.54, 1.807) is 4.90 Å². The summed E-state index contributed by atoms with van der Waals surface area (Å²) in [6.07, 6.45) is 0.0663. The summed E-state index contributed by atoms with van der Waals surface area (Å²) >= 11 is 0. The molecule has 1 aromatic rings. The molecule has 23 heavy (non-hydrogen) atoms. The highest BCUT2D eigenvalue weighted by Gasteiger charge is 2.27. The van der Waals surface area contributed by atoms with Crippen LogP contribution in [0.3, 0.4) is 0 Å². The average molecular weight is 326 g/mol. The number of carbonyl (C=O) groups is 2. The predicted octanol–water partition coefficient (Wildman–Crippen LogP) is 0.995. The molecule has 1 aliphatic rings. The fourth-order valence-corrected chi connectivity index (χ4v) is 2.70. The molecule has 1 heterocycles. The molecule has 7 heteroatoms. The molecule has 126 valence electrons. The number of amides is 2. The molecule has 2 rings (SSSR count). The van der Waals surface area contributed by atoms with Crippen LogP contribution in [-0.2, 0) is 16.0 Å². The zero-order valence-corrected chi connectivity index (χ0v) is 12.9. The van der Waals surface area contributed by atoms with Crippen molar-refractivity contribution in [2.75, 3.05) is 13.1 Å². The lowest BCUT2D eigenvalue weighted by Gasteiger charge is -2.21. The molecule has 0 bridgehead atoms. The summed E-state index contributed by atoms with van der Waals surface area (Å²) in [5, 5.41) is 12.7. The Morgan fingerprint density at radius 1 is 1.26 bits per heavy atom. The van der Waals surface area contributed by atoms with Crippen molar-refractivity contribution < 1.29 is 23.5 Å². The molecule has 1 fully saturated rings. The number of nitrogens with one attached hydrogen (secondary N) is 1. The van der Waals surface area contributed by atoms with Gasteiger partial charge < -0.3 is 15.3 Å². The lowest BCUT2D eigenvalue weighted by Crippen LogP contribution is -2.42. The van der Waals surface area contributed by atoms with Crippen LogP contribution >= 0.6 is 0 Å². The molecule has 0 spiro atoms. The molecule has 1 aromatic carbocycles. The molecule has 0 unspecified atom stereocenters. The molecule has 2 atom stereocenters. The molecule has 5 nitrogen and oxygen atoms in total.